The molecule has 2 unspecified atom stereocenters. The van der Waals surface area contributed by atoms with Crippen LogP contribution < -0.4 is 5.73 Å². The Bertz CT molecular complexity index is 170. The van der Waals surface area contributed by atoms with Gasteiger partial charge in [0, 0.05) is 36.6 Å². The third-order valence-corrected chi connectivity index (χ3v) is 4.42. The molecule has 1 aliphatic rings. The summed E-state index contributed by atoms with van der Waals surface area (Å²) in [5.74, 6) is 2.87. The van der Waals surface area contributed by atoms with Crippen LogP contribution in [0.25, 0.3) is 0 Å². The second-order valence-electron chi connectivity index (χ2n) is 4.39. The zero-order valence-corrected chi connectivity index (χ0v) is 11.5. The summed E-state index contributed by atoms with van der Waals surface area (Å²) in [7, 11) is 0. The molecule has 0 aliphatic carbocycles. The Morgan fingerprint density at radius 3 is 2.75 bits per heavy atom. The third-order valence-electron chi connectivity index (χ3n) is 3.33. The van der Waals surface area contributed by atoms with Gasteiger partial charge in [-0.1, -0.05) is 13.8 Å². The van der Waals surface area contributed by atoms with E-state index in [0.717, 1.165) is 38.5 Å². The number of hydrogen-bond acceptors (Lipinski definition) is 4. The van der Waals surface area contributed by atoms with Gasteiger partial charge in [-0.15, -0.1) is 0 Å². The lowest BCUT2D eigenvalue weighted by Gasteiger charge is -2.20. The quantitative estimate of drug-likeness (QED) is 0.658. The maximum Gasteiger partial charge on any atom is 0.0510 e. The summed E-state index contributed by atoms with van der Waals surface area (Å²) < 4.78 is 5.36. The van der Waals surface area contributed by atoms with Crippen LogP contribution in [0.4, 0.5) is 0 Å². The van der Waals surface area contributed by atoms with Gasteiger partial charge < -0.3 is 15.4 Å². The molecule has 1 fully saturated rings. The summed E-state index contributed by atoms with van der Waals surface area (Å²) in [6.45, 7) is 9.70. The molecule has 0 aromatic heterocycles. The van der Waals surface area contributed by atoms with Crippen molar-refractivity contribution in [2.45, 2.75) is 26.3 Å². The van der Waals surface area contributed by atoms with E-state index in [1.54, 1.807) is 0 Å². The first-order chi connectivity index (χ1) is 7.77. The molecule has 0 radical (unpaired) electrons. The van der Waals surface area contributed by atoms with Gasteiger partial charge in [-0.25, -0.2) is 0 Å². The molecule has 1 saturated heterocycles. The maximum atomic E-state index is 6.15. The van der Waals surface area contributed by atoms with Crippen molar-refractivity contribution >= 4 is 11.8 Å². The highest BCUT2D eigenvalue weighted by atomic mass is 32.2. The minimum Gasteiger partial charge on any atom is -0.381 e. The first-order valence-electron chi connectivity index (χ1n) is 6.41. The molecule has 2 atom stereocenters. The summed E-state index contributed by atoms with van der Waals surface area (Å²) in [6.07, 6.45) is 1.15. The molecular formula is C12H26N2OS. The van der Waals surface area contributed by atoms with Crippen molar-refractivity contribution in [1.82, 2.24) is 4.90 Å². The number of nitrogens with zero attached hydrogens (tertiary/aromatic N) is 1. The van der Waals surface area contributed by atoms with Gasteiger partial charge in [0.25, 0.3) is 0 Å². The molecular weight excluding hydrogens is 220 g/mol. The van der Waals surface area contributed by atoms with Crippen LogP contribution in [-0.4, -0.2) is 55.3 Å². The van der Waals surface area contributed by atoms with Crippen molar-refractivity contribution in [2.24, 2.45) is 11.7 Å². The third kappa shape index (κ3) is 5.04. The molecule has 2 N–H and O–H groups in total. The Morgan fingerprint density at radius 1 is 1.44 bits per heavy atom. The van der Waals surface area contributed by atoms with Gasteiger partial charge >= 0.3 is 0 Å². The second-order valence-corrected chi connectivity index (χ2v) is 5.54. The van der Waals surface area contributed by atoms with Crippen LogP contribution in [0.15, 0.2) is 0 Å². The van der Waals surface area contributed by atoms with Crippen LogP contribution in [0, 0.1) is 5.92 Å². The molecule has 1 aliphatic heterocycles. The van der Waals surface area contributed by atoms with Crippen LogP contribution >= 0.6 is 11.8 Å². The predicted molar refractivity (Wildman–Crippen MR) is 72.0 cm³/mol. The van der Waals surface area contributed by atoms with Gasteiger partial charge in [0.1, 0.15) is 0 Å². The van der Waals surface area contributed by atoms with Crippen molar-refractivity contribution in [3.05, 3.63) is 0 Å². The van der Waals surface area contributed by atoms with E-state index in [9.17, 15) is 0 Å². The topological polar surface area (TPSA) is 38.5 Å². The number of rotatable bonds is 8. The molecule has 1 rings (SSSR count). The number of ether oxygens (including phenoxy) is 1. The van der Waals surface area contributed by atoms with E-state index in [0.29, 0.717) is 12.0 Å². The minimum absolute atomic E-state index is 0.323. The van der Waals surface area contributed by atoms with Gasteiger partial charge in [-0.3, -0.25) is 0 Å². The van der Waals surface area contributed by atoms with Crippen LogP contribution in [0.5, 0.6) is 0 Å². The van der Waals surface area contributed by atoms with E-state index in [-0.39, 0.29) is 0 Å². The number of hydrogen-bond donors (Lipinski definition) is 1. The van der Waals surface area contributed by atoms with E-state index >= 15 is 0 Å². The van der Waals surface area contributed by atoms with Crippen molar-refractivity contribution in [3.8, 4) is 0 Å². The normalized spacial score (nSPS) is 22.9. The molecule has 0 aromatic rings. The number of thioether (sulfide) groups is 1. The molecule has 16 heavy (non-hydrogen) atoms. The summed E-state index contributed by atoms with van der Waals surface area (Å²) in [5, 5.41) is 0. The zero-order chi connectivity index (χ0) is 11.8. The molecule has 0 aromatic carbocycles. The SMILES string of the molecule is CCN(CC)CCSCC(N)C1CCOC1. The van der Waals surface area contributed by atoms with E-state index < -0.39 is 0 Å². The molecule has 1 heterocycles. The van der Waals surface area contributed by atoms with E-state index in [2.05, 4.69) is 18.7 Å². The molecule has 0 saturated carbocycles. The summed E-state index contributed by atoms with van der Waals surface area (Å²) >= 11 is 1.99. The molecule has 0 amide bonds. The lowest BCUT2D eigenvalue weighted by Crippen LogP contribution is -2.33. The highest BCUT2D eigenvalue weighted by Gasteiger charge is 2.22. The largest absolute Gasteiger partial charge is 0.381 e. The van der Waals surface area contributed by atoms with E-state index in [1.165, 1.54) is 12.3 Å². The summed E-state index contributed by atoms with van der Waals surface area (Å²) in [6, 6.07) is 0.323. The lowest BCUT2D eigenvalue weighted by molar-refractivity contribution is 0.182. The first kappa shape index (κ1) is 14.3. The second kappa shape index (κ2) is 8.34. The molecule has 3 nitrogen and oxygen atoms in total. The molecule has 4 heteroatoms. The first-order valence-corrected chi connectivity index (χ1v) is 7.56. The van der Waals surface area contributed by atoms with Gasteiger partial charge in [-0.05, 0) is 19.5 Å². The fraction of sp³-hybridized carbons (Fsp3) is 1.00. The highest BCUT2D eigenvalue weighted by molar-refractivity contribution is 7.99. The Hall–Kier alpha value is 0.230. The number of nitrogens with two attached hydrogens (primary N) is 1. The maximum absolute atomic E-state index is 6.15. The van der Waals surface area contributed by atoms with E-state index in [4.69, 9.17) is 10.5 Å². The van der Waals surface area contributed by atoms with E-state index in [1.807, 2.05) is 11.8 Å². The van der Waals surface area contributed by atoms with Crippen LogP contribution in [-0.2, 0) is 4.74 Å². The van der Waals surface area contributed by atoms with Gasteiger partial charge in [0.15, 0.2) is 0 Å². The fourth-order valence-electron chi connectivity index (χ4n) is 1.98. The Labute approximate surface area is 104 Å². The zero-order valence-electron chi connectivity index (χ0n) is 10.7. The lowest BCUT2D eigenvalue weighted by atomic mass is 10.0. The van der Waals surface area contributed by atoms with Crippen molar-refractivity contribution in [2.75, 3.05) is 44.4 Å². The van der Waals surface area contributed by atoms with Gasteiger partial charge in [-0.2, -0.15) is 11.8 Å². The van der Waals surface area contributed by atoms with Crippen molar-refractivity contribution < 1.29 is 4.74 Å². The predicted octanol–water partition coefficient (Wildman–Crippen LogP) is 1.43. The smallest absolute Gasteiger partial charge is 0.0510 e. The highest BCUT2D eigenvalue weighted by Crippen LogP contribution is 2.18. The van der Waals surface area contributed by atoms with Gasteiger partial charge in [0.2, 0.25) is 0 Å². The summed E-state index contributed by atoms with van der Waals surface area (Å²) in [5.41, 5.74) is 6.15. The summed E-state index contributed by atoms with van der Waals surface area (Å²) in [4.78, 5) is 2.46. The van der Waals surface area contributed by atoms with Crippen LogP contribution in [0.2, 0.25) is 0 Å². The average Bonchev–Trinajstić information content (AvgIpc) is 2.82. The molecule has 96 valence electrons. The van der Waals surface area contributed by atoms with Crippen molar-refractivity contribution in [3.63, 3.8) is 0 Å². The van der Waals surface area contributed by atoms with Gasteiger partial charge in [0.05, 0.1) is 6.61 Å². The van der Waals surface area contributed by atoms with Crippen LogP contribution in [0.3, 0.4) is 0 Å². The molecule has 0 bridgehead atoms. The van der Waals surface area contributed by atoms with Crippen molar-refractivity contribution in [1.29, 1.82) is 0 Å². The molecule has 0 spiro atoms. The monoisotopic (exact) mass is 246 g/mol. The standard InChI is InChI=1S/C12H26N2OS/c1-3-14(4-2)6-8-16-10-12(13)11-5-7-15-9-11/h11-12H,3-10,13H2,1-2H3. The van der Waals surface area contributed by atoms with Crippen LogP contribution in [0.1, 0.15) is 20.3 Å². The Balaban J connectivity index is 2.01. The average molecular weight is 246 g/mol. The minimum atomic E-state index is 0.323. The Morgan fingerprint density at radius 2 is 2.19 bits per heavy atom. The fourth-order valence-corrected chi connectivity index (χ4v) is 3.08. The Kier molecular flexibility index (Phi) is 7.45.